The number of hydrogen-bond donors (Lipinski definition) is 3. The summed E-state index contributed by atoms with van der Waals surface area (Å²) in [5.74, 6) is 0.797. The monoisotopic (exact) mass is 397 g/mol. The Bertz CT molecular complexity index is 490. The maximum absolute atomic E-state index is 12.3. The molecule has 1 saturated heterocycles. The molecule has 3 N–H and O–H groups in total. The number of aliphatic imine (C=N–C) groups is 1. The third-order valence-corrected chi connectivity index (χ3v) is 5.41. The molecule has 0 aromatic heterocycles. The molecule has 1 aliphatic rings. The fourth-order valence-electron chi connectivity index (χ4n) is 3.50. The summed E-state index contributed by atoms with van der Waals surface area (Å²) in [6, 6.07) is 0.441. The molecule has 0 aromatic carbocycles. The van der Waals surface area contributed by atoms with Crippen molar-refractivity contribution in [3.8, 4) is 0 Å². The zero-order valence-electron chi connectivity index (χ0n) is 19.2. The summed E-state index contributed by atoms with van der Waals surface area (Å²) in [6.07, 6.45) is 4.71. The van der Waals surface area contributed by atoms with Crippen LogP contribution in [-0.2, 0) is 4.74 Å². The number of amides is 1. The lowest BCUT2D eigenvalue weighted by Gasteiger charge is -2.36. The third-order valence-electron chi connectivity index (χ3n) is 5.41. The van der Waals surface area contributed by atoms with Crippen molar-refractivity contribution in [3.63, 3.8) is 0 Å². The maximum atomic E-state index is 12.3. The van der Waals surface area contributed by atoms with Crippen molar-refractivity contribution in [1.29, 1.82) is 0 Å². The van der Waals surface area contributed by atoms with Crippen LogP contribution in [0.3, 0.4) is 0 Å². The van der Waals surface area contributed by atoms with Gasteiger partial charge in [-0.25, -0.2) is 4.79 Å². The number of guanidine groups is 1. The van der Waals surface area contributed by atoms with Crippen LogP contribution in [0.2, 0.25) is 0 Å². The molecule has 1 aliphatic heterocycles. The summed E-state index contributed by atoms with van der Waals surface area (Å²) in [5.41, 5.74) is -0.876. The molecular formula is C21H43N5O2. The minimum absolute atomic E-state index is 0.371. The SMILES string of the molecule is CCCN1CCC(NC(=NC)NCC(CC)(CC)NC(=O)OC(C)(C)C)CC1. The van der Waals surface area contributed by atoms with Gasteiger partial charge < -0.3 is 25.6 Å². The number of hydrogen-bond acceptors (Lipinski definition) is 4. The topological polar surface area (TPSA) is 78.0 Å². The summed E-state index contributed by atoms with van der Waals surface area (Å²) >= 11 is 0. The van der Waals surface area contributed by atoms with E-state index in [2.05, 4.69) is 46.6 Å². The molecule has 0 radical (unpaired) electrons. The zero-order valence-corrected chi connectivity index (χ0v) is 19.2. The van der Waals surface area contributed by atoms with Crippen LogP contribution >= 0.6 is 0 Å². The van der Waals surface area contributed by atoms with Crippen LogP contribution in [0.1, 0.15) is 73.6 Å². The molecule has 0 unspecified atom stereocenters. The van der Waals surface area contributed by atoms with Gasteiger partial charge in [-0.05, 0) is 59.4 Å². The van der Waals surface area contributed by atoms with E-state index in [0.29, 0.717) is 12.6 Å². The second kappa shape index (κ2) is 11.5. The van der Waals surface area contributed by atoms with Crippen molar-refractivity contribution in [2.75, 3.05) is 33.2 Å². The van der Waals surface area contributed by atoms with Crippen molar-refractivity contribution < 1.29 is 9.53 Å². The molecule has 0 aromatic rings. The molecule has 0 spiro atoms. The second-order valence-electron chi connectivity index (χ2n) is 8.80. The van der Waals surface area contributed by atoms with Gasteiger partial charge in [0.15, 0.2) is 5.96 Å². The van der Waals surface area contributed by atoms with Crippen LogP contribution in [0.25, 0.3) is 0 Å². The second-order valence-corrected chi connectivity index (χ2v) is 8.80. The van der Waals surface area contributed by atoms with Crippen molar-refractivity contribution in [2.45, 2.75) is 90.8 Å². The average Bonchev–Trinajstić information content (AvgIpc) is 2.64. The number of carbonyl (C=O) groups is 1. The smallest absolute Gasteiger partial charge is 0.408 e. The average molecular weight is 398 g/mol. The van der Waals surface area contributed by atoms with Crippen molar-refractivity contribution in [1.82, 2.24) is 20.9 Å². The van der Waals surface area contributed by atoms with E-state index in [0.717, 1.165) is 44.7 Å². The zero-order chi connectivity index (χ0) is 21.2. The minimum atomic E-state index is -0.505. The molecule has 1 amide bonds. The molecule has 7 nitrogen and oxygen atoms in total. The lowest BCUT2D eigenvalue weighted by atomic mass is 9.93. The Kier molecular flexibility index (Phi) is 10.1. The first-order chi connectivity index (χ1) is 13.2. The Morgan fingerprint density at radius 2 is 1.75 bits per heavy atom. The maximum Gasteiger partial charge on any atom is 0.408 e. The van der Waals surface area contributed by atoms with Crippen molar-refractivity contribution >= 4 is 12.1 Å². The highest BCUT2D eigenvalue weighted by Crippen LogP contribution is 2.16. The number of likely N-dealkylation sites (tertiary alicyclic amines) is 1. The summed E-state index contributed by atoms with van der Waals surface area (Å²) in [4.78, 5) is 19.2. The molecule has 0 aliphatic carbocycles. The fraction of sp³-hybridized carbons (Fsp3) is 0.905. The highest BCUT2D eigenvalue weighted by Gasteiger charge is 2.31. The van der Waals surface area contributed by atoms with Crippen molar-refractivity contribution in [2.24, 2.45) is 4.99 Å². The highest BCUT2D eigenvalue weighted by molar-refractivity contribution is 5.80. The molecule has 0 bridgehead atoms. The van der Waals surface area contributed by atoms with Gasteiger partial charge in [0.1, 0.15) is 5.60 Å². The standard InChI is InChI=1S/C21H43N5O2/c1-8-13-26-14-11-17(12-15-26)24-18(22-7)23-16-21(9-2,10-3)25-19(27)28-20(4,5)6/h17H,8-16H2,1-7H3,(H,25,27)(H2,22,23,24). The van der Waals surface area contributed by atoms with Gasteiger partial charge in [-0.2, -0.15) is 0 Å². The van der Waals surface area contributed by atoms with Crippen LogP contribution in [0.4, 0.5) is 4.79 Å². The Balaban J connectivity index is 2.57. The number of piperidine rings is 1. The Morgan fingerprint density at radius 1 is 1.14 bits per heavy atom. The van der Waals surface area contributed by atoms with Crippen molar-refractivity contribution in [3.05, 3.63) is 0 Å². The molecule has 7 heteroatoms. The summed E-state index contributed by atoms with van der Waals surface area (Å²) < 4.78 is 5.45. The predicted molar refractivity (Wildman–Crippen MR) is 117 cm³/mol. The molecule has 1 fully saturated rings. The summed E-state index contributed by atoms with van der Waals surface area (Å²) in [5, 5.41) is 10.0. The van der Waals surface area contributed by atoms with Crippen LogP contribution in [0.5, 0.6) is 0 Å². The molecule has 28 heavy (non-hydrogen) atoms. The van der Waals surface area contributed by atoms with Crippen LogP contribution in [0, 0.1) is 0 Å². The predicted octanol–water partition coefficient (Wildman–Crippen LogP) is 3.11. The van der Waals surface area contributed by atoms with E-state index in [-0.39, 0.29) is 11.6 Å². The Hall–Kier alpha value is -1.50. The van der Waals surface area contributed by atoms with Gasteiger partial charge >= 0.3 is 6.09 Å². The summed E-state index contributed by atoms with van der Waals surface area (Å²) in [7, 11) is 1.79. The largest absolute Gasteiger partial charge is 0.444 e. The van der Waals surface area contributed by atoms with Crippen LogP contribution in [0.15, 0.2) is 4.99 Å². The van der Waals surface area contributed by atoms with Gasteiger partial charge in [0.05, 0.1) is 5.54 Å². The number of ether oxygens (including phenoxy) is 1. The molecule has 0 atom stereocenters. The lowest BCUT2D eigenvalue weighted by molar-refractivity contribution is 0.0448. The van der Waals surface area contributed by atoms with Crippen LogP contribution < -0.4 is 16.0 Å². The third kappa shape index (κ3) is 8.67. The number of alkyl carbamates (subject to hydrolysis) is 1. The van der Waals surface area contributed by atoms with E-state index in [9.17, 15) is 4.79 Å². The van der Waals surface area contributed by atoms with E-state index >= 15 is 0 Å². The van der Waals surface area contributed by atoms with E-state index in [1.165, 1.54) is 13.0 Å². The molecule has 164 valence electrons. The normalized spacial score (nSPS) is 17.3. The quantitative estimate of drug-likeness (QED) is 0.433. The first-order valence-electron chi connectivity index (χ1n) is 10.9. The van der Waals surface area contributed by atoms with E-state index in [1.54, 1.807) is 7.05 Å². The number of nitrogens with one attached hydrogen (secondary N) is 3. The van der Waals surface area contributed by atoms with Gasteiger partial charge in [-0.15, -0.1) is 0 Å². The van der Waals surface area contributed by atoms with Gasteiger partial charge in [0, 0.05) is 32.7 Å². The number of carbonyl (C=O) groups excluding carboxylic acids is 1. The van der Waals surface area contributed by atoms with Crippen LogP contribution in [-0.4, -0.2) is 67.4 Å². The highest BCUT2D eigenvalue weighted by atomic mass is 16.6. The van der Waals surface area contributed by atoms with E-state index in [1.807, 2.05) is 20.8 Å². The molecular weight excluding hydrogens is 354 g/mol. The molecule has 1 heterocycles. The molecule has 1 rings (SSSR count). The van der Waals surface area contributed by atoms with E-state index in [4.69, 9.17) is 4.74 Å². The Morgan fingerprint density at radius 3 is 2.21 bits per heavy atom. The first-order valence-corrected chi connectivity index (χ1v) is 10.9. The number of rotatable bonds is 8. The lowest BCUT2D eigenvalue weighted by Crippen LogP contribution is -2.58. The van der Waals surface area contributed by atoms with Gasteiger partial charge in [0.2, 0.25) is 0 Å². The summed E-state index contributed by atoms with van der Waals surface area (Å²) in [6.45, 7) is 16.1. The van der Waals surface area contributed by atoms with Gasteiger partial charge in [-0.1, -0.05) is 20.8 Å². The van der Waals surface area contributed by atoms with E-state index < -0.39 is 5.60 Å². The number of nitrogens with zero attached hydrogens (tertiary/aromatic N) is 2. The Labute approximate surface area is 172 Å². The minimum Gasteiger partial charge on any atom is -0.444 e. The molecule has 0 saturated carbocycles. The van der Waals surface area contributed by atoms with Gasteiger partial charge in [0.25, 0.3) is 0 Å². The van der Waals surface area contributed by atoms with Gasteiger partial charge in [-0.3, -0.25) is 4.99 Å². The first kappa shape index (κ1) is 24.5. The fourth-order valence-corrected chi connectivity index (χ4v) is 3.50.